The Morgan fingerprint density at radius 1 is 1.40 bits per heavy atom. The van der Waals surface area contributed by atoms with E-state index in [9.17, 15) is 9.18 Å². The minimum absolute atomic E-state index is 0.000136. The monoisotopic (exact) mass is 273 g/mol. The number of aromatic carboxylic acids is 1. The van der Waals surface area contributed by atoms with Crippen molar-refractivity contribution in [2.45, 2.75) is 6.42 Å². The topological polar surface area (TPSA) is 79.5 Å². The summed E-state index contributed by atoms with van der Waals surface area (Å²) >= 11 is 0. The molecule has 0 fully saturated rings. The number of hydrogen-bond acceptors (Lipinski definition) is 4. The third kappa shape index (κ3) is 1.85. The molecule has 0 amide bonds. The van der Waals surface area contributed by atoms with Crippen LogP contribution in [0, 0.1) is 5.82 Å². The number of nitrogens with two attached hydrogens (primary N) is 1. The van der Waals surface area contributed by atoms with Gasteiger partial charge in [-0.05, 0) is 30.2 Å². The standard InChI is InChI=1S/C14H12FN3O2/c15-9-2-1-8-4-6-18(11(8)7-9)13-12(16)10(14(19)20)3-5-17-13/h1-3,5,7H,4,6,16H2,(H,19,20). The molecule has 0 atom stereocenters. The number of rotatable bonds is 2. The van der Waals surface area contributed by atoms with E-state index in [-0.39, 0.29) is 17.1 Å². The molecule has 0 radical (unpaired) electrons. The molecule has 1 aliphatic rings. The van der Waals surface area contributed by atoms with Crippen LogP contribution in [0.1, 0.15) is 15.9 Å². The van der Waals surface area contributed by atoms with Crippen LogP contribution >= 0.6 is 0 Å². The van der Waals surface area contributed by atoms with Gasteiger partial charge in [-0.25, -0.2) is 14.2 Å². The number of halogens is 1. The largest absolute Gasteiger partial charge is 0.478 e. The maximum Gasteiger partial charge on any atom is 0.337 e. The Labute approximate surface area is 114 Å². The van der Waals surface area contributed by atoms with Crippen molar-refractivity contribution in [1.82, 2.24) is 4.98 Å². The van der Waals surface area contributed by atoms with Crippen LogP contribution in [0.3, 0.4) is 0 Å². The Balaban J connectivity index is 2.11. The van der Waals surface area contributed by atoms with E-state index in [1.807, 2.05) is 0 Å². The Morgan fingerprint density at radius 2 is 2.20 bits per heavy atom. The molecule has 0 unspecified atom stereocenters. The molecule has 102 valence electrons. The van der Waals surface area contributed by atoms with Crippen molar-refractivity contribution in [1.29, 1.82) is 0 Å². The van der Waals surface area contributed by atoms with Gasteiger partial charge < -0.3 is 15.7 Å². The van der Waals surface area contributed by atoms with Gasteiger partial charge in [-0.15, -0.1) is 0 Å². The van der Waals surface area contributed by atoms with Crippen LogP contribution in [0.4, 0.5) is 21.6 Å². The summed E-state index contributed by atoms with van der Waals surface area (Å²) in [5, 5.41) is 9.09. The molecule has 3 N–H and O–H groups in total. The van der Waals surface area contributed by atoms with Crippen LogP contribution in [0.25, 0.3) is 0 Å². The highest BCUT2D eigenvalue weighted by Gasteiger charge is 2.25. The minimum Gasteiger partial charge on any atom is -0.478 e. The summed E-state index contributed by atoms with van der Waals surface area (Å²) in [6.07, 6.45) is 2.14. The van der Waals surface area contributed by atoms with Gasteiger partial charge in [0.05, 0.1) is 11.3 Å². The number of carbonyl (C=O) groups is 1. The van der Waals surface area contributed by atoms with Crippen molar-refractivity contribution in [3.63, 3.8) is 0 Å². The quantitative estimate of drug-likeness (QED) is 0.876. The maximum atomic E-state index is 13.4. The smallest absolute Gasteiger partial charge is 0.337 e. The molecule has 3 rings (SSSR count). The number of anilines is 3. The van der Waals surface area contributed by atoms with E-state index in [2.05, 4.69) is 4.98 Å². The van der Waals surface area contributed by atoms with Crippen LogP contribution in [0.15, 0.2) is 30.5 Å². The second kappa shape index (κ2) is 4.48. The fourth-order valence-electron chi connectivity index (χ4n) is 2.44. The van der Waals surface area contributed by atoms with E-state index in [0.717, 1.165) is 12.0 Å². The molecule has 0 bridgehead atoms. The highest BCUT2D eigenvalue weighted by molar-refractivity contribution is 5.97. The average molecular weight is 273 g/mol. The lowest BCUT2D eigenvalue weighted by Crippen LogP contribution is -2.18. The van der Waals surface area contributed by atoms with Gasteiger partial charge in [0.15, 0.2) is 5.82 Å². The lowest BCUT2D eigenvalue weighted by atomic mass is 10.1. The van der Waals surface area contributed by atoms with Gasteiger partial charge in [-0.2, -0.15) is 0 Å². The van der Waals surface area contributed by atoms with Crippen molar-refractivity contribution in [3.05, 3.63) is 47.4 Å². The number of carboxylic acid groups (broad SMARTS) is 1. The first-order chi connectivity index (χ1) is 9.58. The molecule has 0 saturated carbocycles. The maximum absolute atomic E-state index is 13.4. The van der Waals surface area contributed by atoms with Crippen molar-refractivity contribution < 1.29 is 14.3 Å². The summed E-state index contributed by atoms with van der Waals surface area (Å²) in [5.41, 5.74) is 7.66. The van der Waals surface area contributed by atoms with Gasteiger partial charge in [-0.1, -0.05) is 6.07 Å². The average Bonchev–Trinajstić information content (AvgIpc) is 2.81. The zero-order valence-corrected chi connectivity index (χ0v) is 10.5. The summed E-state index contributed by atoms with van der Waals surface area (Å²) < 4.78 is 13.4. The fourth-order valence-corrected chi connectivity index (χ4v) is 2.44. The fraction of sp³-hybridized carbons (Fsp3) is 0.143. The lowest BCUT2D eigenvalue weighted by molar-refractivity contribution is 0.0698. The first-order valence-corrected chi connectivity index (χ1v) is 6.11. The third-order valence-electron chi connectivity index (χ3n) is 3.40. The number of aromatic nitrogens is 1. The van der Waals surface area contributed by atoms with Crippen molar-refractivity contribution in [2.75, 3.05) is 17.2 Å². The van der Waals surface area contributed by atoms with Crippen LogP contribution in [-0.2, 0) is 6.42 Å². The third-order valence-corrected chi connectivity index (χ3v) is 3.40. The summed E-state index contributed by atoms with van der Waals surface area (Å²) in [7, 11) is 0. The molecule has 2 aromatic rings. The number of fused-ring (bicyclic) bond motifs is 1. The number of benzene rings is 1. The summed E-state index contributed by atoms with van der Waals surface area (Å²) in [6, 6.07) is 5.90. The number of pyridine rings is 1. The van der Waals surface area contributed by atoms with Gasteiger partial charge in [0.1, 0.15) is 5.82 Å². The molecule has 0 spiro atoms. The molecular formula is C14H12FN3O2. The first-order valence-electron chi connectivity index (χ1n) is 6.11. The Morgan fingerprint density at radius 3 is 2.95 bits per heavy atom. The van der Waals surface area contributed by atoms with Gasteiger partial charge in [-0.3, -0.25) is 0 Å². The van der Waals surface area contributed by atoms with E-state index >= 15 is 0 Å². The molecule has 20 heavy (non-hydrogen) atoms. The number of nitrogens with zero attached hydrogens (tertiary/aromatic N) is 2. The predicted molar refractivity (Wildman–Crippen MR) is 72.7 cm³/mol. The summed E-state index contributed by atoms with van der Waals surface area (Å²) in [6.45, 7) is 0.596. The van der Waals surface area contributed by atoms with Gasteiger partial charge >= 0.3 is 5.97 Å². The van der Waals surface area contributed by atoms with Crippen molar-refractivity contribution in [2.24, 2.45) is 0 Å². The zero-order chi connectivity index (χ0) is 14.3. The van der Waals surface area contributed by atoms with Crippen LogP contribution in [0.5, 0.6) is 0 Å². The van der Waals surface area contributed by atoms with E-state index in [4.69, 9.17) is 10.8 Å². The molecule has 5 nitrogen and oxygen atoms in total. The van der Waals surface area contributed by atoms with Gasteiger partial charge in [0.2, 0.25) is 0 Å². The van der Waals surface area contributed by atoms with Crippen molar-refractivity contribution in [3.8, 4) is 0 Å². The number of hydrogen-bond donors (Lipinski definition) is 2. The second-order valence-electron chi connectivity index (χ2n) is 4.58. The molecule has 0 aliphatic carbocycles. The number of carboxylic acids is 1. The molecule has 1 aromatic heterocycles. The molecule has 2 heterocycles. The molecule has 1 aliphatic heterocycles. The normalized spacial score (nSPS) is 13.3. The Hall–Kier alpha value is -2.63. The molecule has 0 saturated heterocycles. The van der Waals surface area contributed by atoms with Crippen molar-refractivity contribution >= 4 is 23.2 Å². The van der Waals surface area contributed by atoms with Crippen LogP contribution in [0.2, 0.25) is 0 Å². The Kier molecular flexibility index (Phi) is 2.78. The van der Waals surface area contributed by atoms with Crippen LogP contribution in [-0.4, -0.2) is 22.6 Å². The van der Waals surface area contributed by atoms with E-state index < -0.39 is 5.97 Å². The SMILES string of the molecule is Nc1c(C(=O)O)ccnc1N1CCc2ccc(F)cc21. The lowest BCUT2D eigenvalue weighted by Gasteiger charge is -2.20. The predicted octanol–water partition coefficient (Wildman–Crippen LogP) is 2.20. The Bertz CT molecular complexity index is 703. The molecule has 1 aromatic carbocycles. The van der Waals surface area contributed by atoms with E-state index in [1.54, 1.807) is 11.0 Å². The van der Waals surface area contributed by atoms with Crippen LogP contribution < -0.4 is 10.6 Å². The first kappa shape index (κ1) is 12.4. The van der Waals surface area contributed by atoms with Gasteiger partial charge in [0.25, 0.3) is 0 Å². The highest BCUT2D eigenvalue weighted by atomic mass is 19.1. The minimum atomic E-state index is -1.11. The molecule has 6 heteroatoms. The summed E-state index contributed by atoms with van der Waals surface area (Å²) in [4.78, 5) is 17.0. The molecular weight excluding hydrogens is 261 g/mol. The van der Waals surface area contributed by atoms with Gasteiger partial charge in [0, 0.05) is 18.4 Å². The highest BCUT2D eigenvalue weighted by Crippen LogP contribution is 2.37. The summed E-state index contributed by atoms with van der Waals surface area (Å²) in [5.74, 6) is -1.09. The second-order valence-corrected chi connectivity index (χ2v) is 4.58. The number of nitrogen functional groups attached to an aromatic ring is 1. The zero-order valence-electron chi connectivity index (χ0n) is 10.5. The van der Waals surface area contributed by atoms with E-state index in [1.165, 1.54) is 24.4 Å². The van der Waals surface area contributed by atoms with E-state index in [0.29, 0.717) is 18.1 Å².